The molecule has 2 fully saturated rings. The zero-order valence-corrected chi connectivity index (χ0v) is 20.2. The van der Waals surface area contributed by atoms with E-state index in [0.29, 0.717) is 58.5 Å². The maximum absolute atomic E-state index is 13.6. The third-order valence-electron chi connectivity index (χ3n) is 8.15. The Balaban J connectivity index is 1.28. The minimum absolute atomic E-state index is 0.0852. The third-order valence-corrected chi connectivity index (χ3v) is 8.15. The van der Waals surface area contributed by atoms with Crippen LogP contribution in [0.15, 0.2) is 54.9 Å². The largest absolute Gasteiger partial charge is 0.375 e. The Kier molecular flexibility index (Phi) is 5.63. The van der Waals surface area contributed by atoms with E-state index in [9.17, 15) is 14.0 Å². The number of allylic oxidation sites excluding steroid dienone is 2. The van der Waals surface area contributed by atoms with Crippen LogP contribution >= 0.6 is 0 Å². The number of ether oxygens (including phenoxy) is 1. The summed E-state index contributed by atoms with van der Waals surface area (Å²) >= 11 is 0. The smallest absolute Gasteiger partial charge is 0.253 e. The van der Waals surface area contributed by atoms with Gasteiger partial charge in [0.25, 0.3) is 5.91 Å². The molecular weight excluding hydrogens is 459 g/mol. The molecular formula is C28H29FN4O3. The van der Waals surface area contributed by atoms with Crippen LogP contribution < -0.4 is 10.6 Å². The number of methoxy groups -OCH3 is 1. The quantitative estimate of drug-likeness (QED) is 0.467. The van der Waals surface area contributed by atoms with Crippen molar-refractivity contribution in [1.82, 2.24) is 14.9 Å². The summed E-state index contributed by atoms with van der Waals surface area (Å²) < 4.78 is 20.2. The van der Waals surface area contributed by atoms with Gasteiger partial charge in [-0.05, 0) is 72.3 Å². The van der Waals surface area contributed by atoms with Crippen LogP contribution in [0.4, 0.5) is 10.1 Å². The molecule has 2 N–H and O–H groups in total. The lowest BCUT2D eigenvalue weighted by molar-refractivity contribution is -0.119. The van der Waals surface area contributed by atoms with Gasteiger partial charge >= 0.3 is 0 Å². The van der Waals surface area contributed by atoms with Crippen molar-refractivity contribution in [2.24, 2.45) is 23.2 Å². The molecule has 2 aromatic carbocycles. The minimum Gasteiger partial charge on any atom is -0.375 e. The van der Waals surface area contributed by atoms with Crippen LogP contribution in [-0.2, 0) is 16.1 Å². The molecule has 186 valence electrons. The summed E-state index contributed by atoms with van der Waals surface area (Å²) in [6.45, 7) is 0.976. The molecule has 1 spiro atoms. The van der Waals surface area contributed by atoms with Crippen molar-refractivity contribution in [3.05, 3.63) is 71.8 Å². The van der Waals surface area contributed by atoms with E-state index in [4.69, 9.17) is 4.74 Å². The van der Waals surface area contributed by atoms with E-state index >= 15 is 0 Å². The van der Waals surface area contributed by atoms with E-state index in [2.05, 4.69) is 27.8 Å². The Morgan fingerprint density at radius 1 is 1.19 bits per heavy atom. The second kappa shape index (κ2) is 8.85. The second-order valence-electron chi connectivity index (χ2n) is 10.3. The van der Waals surface area contributed by atoms with Crippen LogP contribution in [-0.4, -0.2) is 41.6 Å². The highest BCUT2D eigenvalue weighted by atomic mass is 19.1. The van der Waals surface area contributed by atoms with Crippen molar-refractivity contribution in [3.63, 3.8) is 0 Å². The first-order valence-corrected chi connectivity index (χ1v) is 12.5. The van der Waals surface area contributed by atoms with E-state index in [-0.39, 0.29) is 24.2 Å². The Hall–Kier alpha value is -3.52. The summed E-state index contributed by atoms with van der Waals surface area (Å²) in [5, 5.41) is 5.97. The monoisotopic (exact) mass is 488 g/mol. The van der Waals surface area contributed by atoms with Crippen molar-refractivity contribution in [2.45, 2.75) is 25.8 Å². The van der Waals surface area contributed by atoms with Crippen LogP contribution in [0.5, 0.6) is 0 Å². The van der Waals surface area contributed by atoms with E-state index in [0.717, 1.165) is 12.0 Å². The number of carbonyl (C=O) groups is 2. The van der Waals surface area contributed by atoms with Crippen LogP contribution in [0.1, 0.15) is 35.2 Å². The number of carbonyl (C=O) groups excluding carboxylic acids is 2. The number of hydrogen-bond donors (Lipinski definition) is 2. The van der Waals surface area contributed by atoms with Crippen LogP contribution in [0.25, 0.3) is 11.0 Å². The summed E-state index contributed by atoms with van der Waals surface area (Å²) in [7, 11) is 1.45. The van der Waals surface area contributed by atoms with Crippen molar-refractivity contribution < 1.29 is 18.7 Å². The van der Waals surface area contributed by atoms with E-state index in [1.807, 2.05) is 4.57 Å². The number of anilines is 1. The van der Waals surface area contributed by atoms with Gasteiger partial charge in [0, 0.05) is 25.9 Å². The summed E-state index contributed by atoms with van der Waals surface area (Å²) in [5.41, 5.74) is 3.57. The number of fused-ring (bicyclic) bond motifs is 1. The van der Waals surface area contributed by atoms with Gasteiger partial charge in [-0.2, -0.15) is 0 Å². The fourth-order valence-electron chi connectivity index (χ4n) is 6.36. The predicted molar refractivity (Wildman–Crippen MR) is 134 cm³/mol. The molecule has 7 nitrogen and oxygen atoms in total. The van der Waals surface area contributed by atoms with E-state index < -0.39 is 0 Å². The molecule has 3 aliphatic carbocycles. The van der Waals surface area contributed by atoms with Crippen LogP contribution in [0.3, 0.4) is 0 Å². The Morgan fingerprint density at radius 2 is 2.00 bits per heavy atom. The molecule has 1 aromatic heterocycles. The number of nitrogens with zero attached hydrogens (tertiary/aromatic N) is 2. The average Bonchev–Trinajstić information content (AvgIpc) is 3.37. The summed E-state index contributed by atoms with van der Waals surface area (Å²) in [6, 6.07) is 9.71. The Labute approximate surface area is 208 Å². The predicted octanol–water partition coefficient (Wildman–Crippen LogP) is 4.14. The normalized spacial score (nSPS) is 22.9. The summed E-state index contributed by atoms with van der Waals surface area (Å²) in [6.07, 6.45) is 10.1. The lowest BCUT2D eigenvalue weighted by Gasteiger charge is -2.20. The molecule has 2 amide bonds. The fraction of sp³-hybridized carbons (Fsp3) is 0.393. The number of benzene rings is 2. The molecule has 2 bridgehead atoms. The van der Waals surface area contributed by atoms with Gasteiger partial charge in [-0.25, -0.2) is 9.37 Å². The van der Waals surface area contributed by atoms with Gasteiger partial charge in [-0.15, -0.1) is 0 Å². The molecule has 3 atom stereocenters. The molecule has 0 aliphatic heterocycles. The number of imidazole rings is 1. The molecule has 2 saturated carbocycles. The third kappa shape index (κ3) is 3.99. The minimum atomic E-state index is -0.308. The Bertz CT molecular complexity index is 1360. The first kappa shape index (κ1) is 22.9. The number of aromatic nitrogens is 2. The van der Waals surface area contributed by atoms with E-state index in [1.165, 1.54) is 32.1 Å². The van der Waals surface area contributed by atoms with Crippen molar-refractivity contribution in [3.8, 4) is 0 Å². The number of rotatable bonds is 8. The van der Waals surface area contributed by atoms with Crippen LogP contribution in [0.2, 0.25) is 0 Å². The zero-order valence-electron chi connectivity index (χ0n) is 20.2. The highest BCUT2D eigenvalue weighted by Gasteiger charge is 2.62. The SMILES string of the molecule is COCC(=O)Nc1cc(C(=O)NC[C@@H]2C[C@H]3C=C[C@@H]2C32CC2)c2c(c1)ncn2Cc1ccc(F)cc1. The highest BCUT2D eigenvalue weighted by Crippen LogP contribution is 2.69. The van der Waals surface area contributed by atoms with Crippen molar-refractivity contribution in [2.75, 3.05) is 25.6 Å². The topological polar surface area (TPSA) is 85.2 Å². The van der Waals surface area contributed by atoms with Gasteiger partial charge in [-0.1, -0.05) is 24.3 Å². The van der Waals surface area contributed by atoms with Gasteiger partial charge in [0.15, 0.2) is 0 Å². The zero-order chi connectivity index (χ0) is 24.9. The number of hydrogen-bond acceptors (Lipinski definition) is 4. The molecule has 3 aliphatic rings. The average molecular weight is 489 g/mol. The maximum atomic E-state index is 13.6. The lowest BCUT2D eigenvalue weighted by atomic mass is 9.89. The Morgan fingerprint density at radius 3 is 2.72 bits per heavy atom. The van der Waals surface area contributed by atoms with Gasteiger partial charge in [0.2, 0.25) is 5.91 Å². The lowest BCUT2D eigenvalue weighted by Crippen LogP contribution is -2.32. The summed E-state index contributed by atoms with van der Waals surface area (Å²) in [5.74, 6) is 0.877. The van der Waals surface area contributed by atoms with Crippen molar-refractivity contribution >= 4 is 28.5 Å². The molecule has 0 saturated heterocycles. The van der Waals surface area contributed by atoms with Gasteiger partial charge in [0.05, 0.1) is 22.9 Å². The molecule has 6 rings (SSSR count). The molecule has 8 heteroatoms. The molecule has 36 heavy (non-hydrogen) atoms. The standard InChI is InChI=1S/C28H29FN4O3/c1-36-15-25(34)32-21-11-22(27(35)30-13-18-10-19-4-7-23(18)28(19)8-9-28)26-24(12-21)31-16-33(26)14-17-2-5-20(29)6-3-17/h2-7,11-12,16,18-19,23H,8-10,13-15H2,1H3,(H,30,35)(H,32,34)/t18-,19+,23-/m0/s1. The molecule has 1 heterocycles. The first-order chi connectivity index (χ1) is 17.5. The second-order valence-corrected chi connectivity index (χ2v) is 10.3. The van der Waals surface area contributed by atoms with Gasteiger partial charge in [-0.3, -0.25) is 9.59 Å². The molecule has 0 radical (unpaired) electrons. The van der Waals surface area contributed by atoms with Crippen molar-refractivity contribution in [1.29, 1.82) is 0 Å². The number of halogens is 1. The van der Waals surface area contributed by atoms with Crippen LogP contribution in [0, 0.1) is 29.0 Å². The molecule has 3 aromatic rings. The fourth-order valence-corrected chi connectivity index (χ4v) is 6.36. The summed E-state index contributed by atoms with van der Waals surface area (Å²) in [4.78, 5) is 30.2. The van der Waals surface area contributed by atoms with Gasteiger partial charge in [0.1, 0.15) is 12.4 Å². The first-order valence-electron chi connectivity index (χ1n) is 12.5. The maximum Gasteiger partial charge on any atom is 0.253 e. The number of nitrogens with one attached hydrogen (secondary N) is 2. The molecule has 0 unspecified atom stereocenters. The van der Waals surface area contributed by atoms with Gasteiger partial charge < -0.3 is 19.9 Å². The number of amides is 2. The highest BCUT2D eigenvalue weighted by molar-refractivity contribution is 6.07. The van der Waals surface area contributed by atoms with E-state index in [1.54, 1.807) is 30.6 Å².